The molecule has 0 bridgehead atoms. The molecule has 5 heteroatoms. The van der Waals surface area contributed by atoms with Gasteiger partial charge in [-0.05, 0) is 33.1 Å². The van der Waals surface area contributed by atoms with Crippen molar-refractivity contribution in [1.29, 1.82) is 0 Å². The Balaban J connectivity index is 2.55. The maximum atomic E-state index is 12.4. The molecule has 2 atom stereocenters. The van der Waals surface area contributed by atoms with Crippen molar-refractivity contribution in [3.63, 3.8) is 0 Å². The Kier molecular flexibility index (Phi) is 6.84. The van der Waals surface area contributed by atoms with E-state index < -0.39 is 0 Å². The molecule has 0 N–H and O–H groups in total. The molecule has 0 aromatic heterocycles. The molecule has 1 aliphatic rings. The van der Waals surface area contributed by atoms with Crippen molar-refractivity contribution in [2.75, 3.05) is 19.8 Å². The molecule has 1 amide bonds. The predicted octanol–water partition coefficient (Wildman–Crippen LogP) is 1.75. The van der Waals surface area contributed by atoms with Crippen LogP contribution in [0, 0.1) is 0 Å². The molecule has 19 heavy (non-hydrogen) atoms. The molecule has 0 radical (unpaired) electrons. The summed E-state index contributed by atoms with van der Waals surface area (Å²) in [5.74, 6) is -0.243. The van der Waals surface area contributed by atoms with Crippen molar-refractivity contribution >= 4 is 11.9 Å². The number of nitrogens with zero attached hydrogens (tertiary/aromatic N) is 1. The lowest BCUT2D eigenvalue weighted by atomic mass is 10.1. The second kappa shape index (κ2) is 8.15. The van der Waals surface area contributed by atoms with Gasteiger partial charge in [0.1, 0.15) is 6.10 Å². The summed E-state index contributed by atoms with van der Waals surface area (Å²) in [4.78, 5) is 25.5. The largest absolute Gasteiger partial charge is 0.466 e. The van der Waals surface area contributed by atoms with Crippen molar-refractivity contribution in [3.8, 4) is 0 Å². The second-order valence-electron chi connectivity index (χ2n) is 4.85. The van der Waals surface area contributed by atoms with E-state index in [0.29, 0.717) is 19.8 Å². The van der Waals surface area contributed by atoms with Gasteiger partial charge in [0.2, 0.25) is 0 Å². The van der Waals surface area contributed by atoms with Crippen LogP contribution in [0.15, 0.2) is 0 Å². The smallest absolute Gasteiger partial charge is 0.307 e. The van der Waals surface area contributed by atoms with Gasteiger partial charge in [-0.2, -0.15) is 0 Å². The van der Waals surface area contributed by atoms with Gasteiger partial charge in [-0.15, -0.1) is 0 Å². The van der Waals surface area contributed by atoms with E-state index in [2.05, 4.69) is 0 Å². The minimum Gasteiger partial charge on any atom is -0.466 e. The van der Waals surface area contributed by atoms with Crippen molar-refractivity contribution in [1.82, 2.24) is 4.90 Å². The van der Waals surface area contributed by atoms with Gasteiger partial charge in [0, 0.05) is 19.2 Å². The second-order valence-corrected chi connectivity index (χ2v) is 4.85. The molecule has 0 saturated carbocycles. The van der Waals surface area contributed by atoms with E-state index >= 15 is 0 Å². The molecular formula is C14H25NO4. The number of amides is 1. The first-order valence-corrected chi connectivity index (χ1v) is 7.17. The highest BCUT2D eigenvalue weighted by atomic mass is 16.5. The number of hydrogen-bond acceptors (Lipinski definition) is 4. The van der Waals surface area contributed by atoms with Gasteiger partial charge >= 0.3 is 5.97 Å². The Labute approximate surface area is 115 Å². The fourth-order valence-electron chi connectivity index (χ4n) is 2.17. The monoisotopic (exact) mass is 271 g/mol. The van der Waals surface area contributed by atoms with E-state index in [0.717, 1.165) is 19.3 Å². The van der Waals surface area contributed by atoms with E-state index in [-0.39, 0.29) is 30.4 Å². The highest BCUT2D eigenvalue weighted by Crippen LogP contribution is 2.17. The Morgan fingerprint density at radius 3 is 2.68 bits per heavy atom. The molecule has 2 unspecified atom stereocenters. The van der Waals surface area contributed by atoms with Gasteiger partial charge in [0.05, 0.1) is 13.0 Å². The Morgan fingerprint density at radius 2 is 2.16 bits per heavy atom. The van der Waals surface area contributed by atoms with E-state index in [1.54, 1.807) is 11.8 Å². The first kappa shape index (κ1) is 16.0. The zero-order valence-corrected chi connectivity index (χ0v) is 12.2. The molecule has 110 valence electrons. The van der Waals surface area contributed by atoms with Crippen LogP contribution in [-0.4, -0.2) is 48.7 Å². The minimum atomic E-state index is -0.323. The minimum absolute atomic E-state index is 0.0103. The summed E-state index contributed by atoms with van der Waals surface area (Å²) < 4.78 is 10.3. The van der Waals surface area contributed by atoms with Crippen LogP contribution in [0.25, 0.3) is 0 Å². The van der Waals surface area contributed by atoms with Gasteiger partial charge in [0.25, 0.3) is 5.91 Å². The number of carbonyl (C=O) groups is 2. The molecule has 1 fully saturated rings. The van der Waals surface area contributed by atoms with E-state index in [1.807, 2.05) is 13.8 Å². The fourth-order valence-corrected chi connectivity index (χ4v) is 2.17. The van der Waals surface area contributed by atoms with E-state index in [4.69, 9.17) is 9.47 Å². The molecule has 1 rings (SSSR count). The van der Waals surface area contributed by atoms with Gasteiger partial charge in [-0.3, -0.25) is 9.59 Å². The SMILES string of the molecule is CCOC(=O)CCN(C(=O)C1CCCO1)C(C)CC. The van der Waals surface area contributed by atoms with Crippen LogP contribution in [0.5, 0.6) is 0 Å². The Hall–Kier alpha value is -1.10. The van der Waals surface area contributed by atoms with Crippen LogP contribution >= 0.6 is 0 Å². The summed E-state index contributed by atoms with van der Waals surface area (Å²) in [5.41, 5.74) is 0. The van der Waals surface area contributed by atoms with Crippen molar-refractivity contribution in [2.45, 2.75) is 58.6 Å². The highest BCUT2D eigenvalue weighted by Gasteiger charge is 2.30. The third-order valence-corrected chi connectivity index (χ3v) is 3.47. The van der Waals surface area contributed by atoms with Crippen molar-refractivity contribution < 1.29 is 19.1 Å². The lowest BCUT2D eigenvalue weighted by molar-refractivity contribution is -0.147. The zero-order valence-electron chi connectivity index (χ0n) is 12.2. The predicted molar refractivity (Wildman–Crippen MR) is 71.7 cm³/mol. The standard InChI is InChI=1S/C14H25NO4/c1-4-11(3)15(9-8-13(16)18-5-2)14(17)12-7-6-10-19-12/h11-12H,4-10H2,1-3H3. The zero-order chi connectivity index (χ0) is 14.3. The summed E-state index contributed by atoms with van der Waals surface area (Å²) >= 11 is 0. The fraction of sp³-hybridized carbons (Fsp3) is 0.857. The average Bonchev–Trinajstić information content (AvgIpc) is 2.92. The molecule has 1 heterocycles. The summed E-state index contributed by atoms with van der Waals surface area (Å²) in [6, 6.07) is 0.117. The average molecular weight is 271 g/mol. The summed E-state index contributed by atoms with van der Waals surface area (Å²) in [6.07, 6.45) is 2.50. The molecule has 0 aliphatic carbocycles. The third-order valence-electron chi connectivity index (χ3n) is 3.47. The van der Waals surface area contributed by atoms with Crippen LogP contribution in [0.2, 0.25) is 0 Å². The maximum absolute atomic E-state index is 12.4. The van der Waals surface area contributed by atoms with Crippen LogP contribution in [0.3, 0.4) is 0 Å². The third kappa shape index (κ3) is 4.82. The topological polar surface area (TPSA) is 55.8 Å². The normalized spacial score (nSPS) is 20.1. The van der Waals surface area contributed by atoms with Crippen LogP contribution in [0.4, 0.5) is 0 Å². The van der Waals surface area contributed by atoms with Gasteiger partial charge in [0.15, 0.2) is 0 Å². The van der Waals surface area contributed by atoms with E-state index in [1.165, 1.54) is 0 Å². The van der Waals surface area contributed by atoms with Crippen molar-refractivity contribution in [2.24, 2.45) is 0 Å². The molecule has 0 spiro atoms. The van der Waals surface area contributed by atoms with E-state index in [9.17, 15) is 9.59 Å². The summed E-state index contributed by atoms with van der Waals surface area (Å²) in [7, 11) is 0. The summed E-state index contributed by atoms with van der Waals surface area (Å²) in [6.45, 7) is 7.25. The molecule has 1 aliphatic heterocycles. The number of ether oxygens (including phenoxy) is 2. The lowest BCUT2D eigenvalue weighted by Gasteiger charge is -2.30. The van der Waals surface area contributed by atoms with Gasteiger partial charge in [-0.1, -0.05) is 6.92 Å². The molecule has 1 saturated heterocycles. The first-order valence-electron chi connectivity index (χ1n) is 7.17. The quantitative estimate of drug-likeness (QED) is 0.662. The maximum Gasteiger partial charge on any atom is 0.307 e. The number of carbonyl (C=O) groups excluding carboxylic acids is 2. The number of rotatable bonds is 7. The lowest BCUT2D eigenvalue weighted by Crippen LogP contribution is -2.45. The van der Waals surface area contributed by atoms with Gasteiger partial charge < -0.3 is 14.4 Å². The number of esters is 1. The van der Waals surface area contributed by atoms with Crippen LogP contribution in [0.1, 0.15) is 46.5 Å². The van der Waals surface area contributed by atoms with Gasteiger partial charge in [-0.25, -0.2) is 0 Å². The molecular weight excluding hydrogens is 246 g/mol. The molecule has 0 aromatic rings. The molecule has 5 nitrogen and oxygen atoms in total. The Bertz CT molecular complexity index is 300. The first-order chi connectivity index (χ1) is 9.10. The number of hydrogen-bond donors (Lipinski definition) is 0. The van der Waals surface area contributed by atoms with Crippen LogP contribution in [-0.2, 0) is 19.1 Å². The summed E-state index contributed by atoms with van der Waals surface area (Å²) in [5, 5.41) is 0. The van der Waals surface area contributed by atoms with Crippen molar-refractivity contribution in [3.05, 3.63) is 0 Å². The highest BCUT2D eigenvalue weighted by molar-refractivity contribution is 5.82. The molecule has 0 aromatic carbocycles. The Morgan fingerprint density at radius 1 is 1.42 bits per heavy atom. The van der Waals surface area contributed by atoms with Crippen LogP contribution < -0.4 is 0 Å².